The Labute approximate surface area is 162 Å². The third-order valence-electron chi connectivity index (χ3n) is 4.52. The number of hydrogen-bond acceptors (Lipinski definition) is 4. The quantitative estimate of drug-likeness (QED) is 0.687. The fourth-order valence-corrected chi connectivity index (χ4v) is 3.15. The Morgan fingerprint density at radius 1 is 0.750 bits per heavy atom. The van der Waals surface area contributed by atoms with Crippen molar-refractivity contribution >= 4 is 28.8 Å². The molecule has 0 aromatic heterocycles. The van der Waals surface area contributed by atoms with Crippen molar-refractivity contribution in [2.45, 2.75) is 0 Å². The molecule has 0 atom stereocenters. The highest BCUT2D eigenvalue weighted by Crippen LogP contribution is 2.34. The number of carbonyl (C=O) groups is 2. The van der Waals surface area contributed by atoms with Gasteiger partial charge in [0.05, 0.1) is 18.4 Å². The summed E-state index contributed by atoms with van der Waals surface area (Å²) in [6.45, 7) is 0. The van der Waals surface area contributed by atoms with Gasteiger partial charge in [0.15, 0.2) is 0 Å². The average molecular weight is 370 g/mol. The molecule has 3 aromatic rings. The maximum Gasteiger partial charge on any atom is 0.282 e. The Bertz CT molecular complexity index is 1040. The van der Waals surface area contributed by atoms with Crippen LogP contribution in [0.15, 0.2) is 90.6 Å². The van der Waals surface area contributed by atoms with Gasteiger partial charge in [0.1, 0.15) is 11.4 Å². The van der Waals surface area contributed by atoms with Gasteiger partial charge in [0.25, 0.3) is 11.8 Å². The Balaban J connectivity index is 1.81. The van der Waals surface area contributed by atoms with E-state index in [2.05, 4.69) is 5.32 Å². The van der Waals surface area contributed by atoms with Crippen molar-refractivity contribution in [3.05, 3.63) is 96.2 Å². The van der Waals surface area contributed by atoms with E-state index in [1.807, 2.05) is 36.4 Å². The second-order valence-electron chi connectivity index (χ2n) is 6.25. The number of hydrogen-bond donors (Lipinski definition) is 1. The topological polar surface area (TPSA) is 58.6 Å². The molecule has 138 valence electrons. The van der Waals surface area contributed by atoms with Gasteiger partial charge < -0.3 is 10.1 Å². The molecule has 1 heterocycles. The second-order valence-corrected chi connectivity index (χ2v) is 6.25. The minimum absolute atomic E-state index is 0.255. The molecule has 2 amide bonds. The highest BCUT2D eigenvalue weighted by atomic mass is 16.5. The first-order chi connectivity index (χ1) is 13.7. The van der Waals surface area contributed by atoms with Crippen molar-refractivity contribution in [3.63, 3.8) is 0 Å². The lowest BCUT2D eigenvalue weighted by Crippen LogP contribution is -2.32. The molecule has 0 bridgehead atoms. The number of benzene rings is 3. The van der Waals surface area contributed by atoms with Crippen LogP contribution in [0.25, 0.3) is 5.57 Å². The number of para-hydroxylation sites is 2. The molecule has 0 spiro atoms. The number of nitrogens with one attached hydrogen (secondary N) is 1. The lowest BCUT2D eigenvalue weighted by Gasteiger charge is -2.15. The molecule has 28 heavy (non-hydrogen) atoms. The lowest BCUT2D eigenvalue weighted by molar-refractivity contribution is -0.120. The fourth-order valence-electron chi connectivity index (χ4n) is 3.15. The second kappa shape index (κ2) is 7.40. The number of carbonyl (C=O) groups excluding carboxylic acids is 2. The molecule has 3 aromatic carbocycles. The summed E-state index contributed by atoms with van der Waals surface area (Å²) in [6.07, 6.45) is 0. The van der Waals surface area contributed by atoms with Crippen LogP contribution in [0.1, 0.15) is 5.56 Å². The molecule has 0 fully saturated rings. The summed E-state index contributed by atoms with van der Waals surface area (Å²) >= 11 is 0. The van der Waals surface area contributed by atoms with Gasteiger partial charge in [-0.25, -0.2) is 4.90 Å². The van der Waals surface area contributed by atoms with Crippen LogP contribution < -0.4 is 15.0 Å². The third kappa shape index (κ3) is 3.14. The fraction of sp³-hybridized carbons (Fsp3) is 0.0435. The Kier molecular flexibility index (Phi) is 4.64. The zero-order valence-electron chi connectivity index (χ0n) is 15.3. The van der Waals surface area contributed by atoms with E-state index in [9.17, 15) is 9.59 Å². The molecule has 0 saturated heterocycles. The van der Waals surface area contributed by atoms with E-state index in [1.54, 1.807) is 55.6 Å². The van der Waals surface area contributed by atoms with Gasteiger partial charge in [0, 0.05) is 5.69 Å². The molecule has 0 radical (unpaired) electrons. The van der Waals surface area contributed by atoms with Gasteiger partial charge in [-0.15, -0.1) is 0 Å². The van der Waals surface area contributed by atoms with Crippen molar-refractivity contribution in [2.75, 3.05) is 17.3 Å². The molecule has 4 rings (SSSR count). The minimum atomic E-state index is -0.383. The molecule has 1 aliphatic heterocycles. The molecule has 1 N–H and O–H groups in total. The molecule has 0 unspecified atom stereocenters. The smallest absolute Gasteiger partial charge is 0.282 e. The normalized spacial score (nSPS) is 13.8. The number of imide groups is 1. The van der Waals surface area contributed by atoms with Crippen LogP contribution in [-0.2, 0) is 9.59 Å². The first-order valence-electron chi connectivity index (χ1n) is 8.83. The number of nitrogens with zero attached hydrogens (tertiary/aromatic N) is 1. The van der Waals surface area contributed by atoms with Crippen molar-refractivity contribution in [1.29, 1.82) is 0 Å². The van der Waals surface area contributed by atoms with Gasteiger partial charge >= 0.3 is 0 Å². The van der Waals surface area contributed by atoms with Crippen molar-refractivity contribution < 1.29 is 14.3 Å². The first kappa shape index (κ1) is 17.5. The summed E-state index contributed by atoms with van der Waals surface area (Å²) in [5.41, 5.74) is 2.51. The Morgan fingerprint density at radius 2 is 1.36 bits per heavy atom. The van der Waals surface area contributed by atoms with E-state index in [4.69, 9.17) is 4.74 Å². The Hall–Kier alpha value is -3.86. The van der Waals surface area contributed by atoms with Crippen molar-refractivity contribution in [1.82, 2.24) is 0 Å². The summed E-state index contributed by atoms with van der Waals surface area (Å²) < 4.78 is 5.20. The SMILES string of the molecule is COc1ccc(C2=C(Nc3ccccc3)C(=O)N(c3ccccc3)C2=O)cc1. The maximum atomic E-state index is 13.2. The molecular weight excluding hydrogens is 352 g/mol. The van der Waals surface area contributed by atoms with E-state index < -0.39 is 0 Å². The van der Waals surface area contributed by atoms with Crippen LogP contribution in [0.4, 0.5) is 11.4 Å². The molecule has 1 aliphatic rings. The van der Waals surface area contributed by atoms with E-state index >= 15 is 0 Å². The predicted molar refractivity (Wildman–Crippen MR) is 109 cm³/mol. The number of anilines is 2. The monoisotopic (exact) mass is 370 g/mol. The van der Waals surface area contributed by atoms with Gasteiger partial charge in [0.2, 0.25) is 0 Å². The van der Waals surface area contributed by atoms with Gasteiger partial charge in [-0.05, 0) is 42.0 Å². The molecule has 0 aliphatic carbocycles. The number of methoxy groups -OCH3 is 1. The first-order valence-corrected chi connectivity index (χ1v) is 8.83. The maximum absolute atomic E-state index is 13.2. The van der Waals surface area contributed by atoms with Gasteiger partial charge in [-0.2, -0.15) is 0 Å². The highest BCUT2D eigenvalue weighted by Gasteiger charge is 2.40. The van der Waals surface area contributed by atoms with Crippen molar-refractivity contribution in [2.24, 2.45) is 0 Å². The van der Waals surface area contributed by atoms with E-state index in [1.165, 1.54) is 4.90 Å². The predicted octanol–water partition coefficient (Wildman–Crippen LogP) is 4.09. The summed E-state index contributed by atoms with van der Waals surface area (Å²) in [4.78, 5) is 27.6. The summed E-state index contributed by atoms with van der Waals surface area (Å²) in [5, 5.41) is 3.13. The molecular formula is C23H18N2O3. The van der Waals surface area contributed by atoms with Gasteiger partial charge in [-0.3, -0.25) is 9.59 Å². The Morgan fingerprint density at radius 3 is 1.96 bits per heavy atom. The van der Waals surface area contributed by atoms with Crippen LogP contribution >= 0.6 is 0 Å². The largest absolute Gasteiger partial charge is 0.497 e. The highest BCUT2D eigenvalue weighted by molar-refractivity contribution is 6.46. The lowest BCUT2D eigenvalue weighted by atomic mass is 10.0. The van der Waals surface area contributed by atoms with Crippen LogP contribution in [0.2, 0.25) is 0 Å². The third-order valence-corrected chi connectivity index (χ3v) is 4.52. The van der Waals surface area contributed by atoms with E-state index in [0.29, 0.717) is 22.6 Å². The summed E-state index contributed by atoms with van der Waals surface area (Å²) in [6, 6.07) is 25.3. The number of ether oxygens (including phenoxy) is 1. The van der Waals surface area contributed by atoms with Gasteiger partial charge in [-0.1, -0.05) is 48.5 Å². The average Bonchev–Trinajstić information content (AvgIpc) is 2.99. The minimum Gasteiger partial charge on any atom is -0.497 e. The van der Waals surface area contributed by atoms with E-state index in [-0.39, 0.29) is 17.5 Å². The number of rotatable bonds is 5. The standard InChI is InChI=1S/C23H18N2O3/c1-28-19-14-12-16(13-15-19)20-21(24-17-8-4-2-5-9-17)23(27)25(22(20)26)18-10-6-3-7-11-18/h2-15,24H,1H3. The van der Waals surface area contributed by atoms with Crippen molar-refractivity contribution in [3.8, 4) is 5.75 Å². The molecule has 5 heteroatoms. The zero-order valence-corrected chi connectivity index (χ0v) is 15.3. The summed E-state index contributed by atoms with van der Waals surface area (Å²) in [5.74, 6) is -0.0655. The summed E-state index contributed by atoms with van der Waals surface area (Å²) in [7, 11) is 1.58. The zero-order chi connectivity index (χ0) is 19.5. The van der Waals surface area contributed by atoms with Crippen LogP contribution in [-0.4, -0.2) is 18.9 Å². The van der Waals surface area contributed by atoms with Crippen LogP contribution in [0.5, 0.6) is 5.75 Å². The molecule has 5 nitrogen and oxygen atoms in total. The van der Waals surface area contributed by atoms with E-state index in [0.717, 1.165) is 5.69 Å². The molecule has 0 saturated carbocycles. The van der Waals surface area contributed by atoms with Crippen LogP contribution in [0.3, 0.4) is 0 Å². The van der Waals surface area contributed by atoms with Crippen LogP contribution in [0, 0.1) is 0 Å². The number of amides is 2.